The van der Waals surface area contributed by atoms with E-state index in [0.29, 0.717) is 12.3 Å². The molecule has 1 saturated carbocycles. The van der Waals surface area contributed by atoms with Crippen LogP contribution in [0.25, 0.3) is 0 Å². The van der Waals surface area contributed by atoms with E-state index in [2.05, 4.69) is 4.90 Å². The highest BCUT2D eigenvalue weighted by Gasteiger charge is 2.54. The monoisotopic (exact) mass is 460 g/mol. The number of hydrogen-bond acceptors (Lipinski definition) is 4. The molecule has 3 aliphatic rings. The molecule has 0 radical (unpaired) electrons. The van der Waals surface area contributed by atoms with Crippen molar-refractivity contribution in [1.29, 1.82) is 0 Å². The molecule has 2 saturated heterocycles. The Morgan fingerprint density at radius 3 is 2.31 bits per heavy atom. The number of aliphatic hydroxyl groups excluding tert-OH is 1. The van der Waals surface area contributed by atoms with Crippen LogP contribution in [-0.2, 0) is 16.0 Å². The fourth-order valence-corrected chi connectivity index (χ4v) is 4.54. The Bertz CT molecular complexity index is 851. The second-order valence-electron chi connectivity index (χ2n) is 9.13. The summed E-state index contributed by atoms with van der Waals surface area (Å²) < 4.78 is 45.0. The van der Waals surface area contributed by atoms with Gasteiger partial charge in [-0.2, -0.15) is 13.2 Å². The highest BCUT2D eigenvalue weighted by molar-refractivity contribution is 5.80. The van der Waals surface area contributed by atoms with Crippen molar-refractivity contribution < 1.29 is 37.4 Å². The van der Waals surface area contributed by atoms with Crippen LogP contribution in [0, 0.1) is 24.6 Å². The van der Waals surface area contributed by atoms with Crippen molar-refractivity contribution in [1.82, 2.24) is 9.80 Å². The number of carboxylic acid groups (broad SMARTS) is 1. The van der Waals surface area contributed by atoms with Gasteiger partial charge in [-0.15, -0.1) is 0 Å². The van der Waals surface area contributed by atoms with Gasteiger partial charge in [0.2, 0.25) is 5.91 Å². The van der Waals surface area contributed by atoms with Crippen LogP contribution in [0.5, 0.6) is 0 Å². The molecule has 178 valence electrons. The summed E-state index contributed by atoms with van der Waals surface area (Å²) in [6, 6.07) is 4.63. The number of carboxylic acids is 1. The molecule has 2 N–H and O–H groups in total. The molecule has 0 aromatic heterocycles. The molecule has 1 spiro atoms. The van der Waals surface area contributed by atoms with Gasteiger partial charge in [0, 0.05) is 32.8 Å². The minimum Gasteiger partial charge on any atom is -0.475 e. The van der Waals surface area contributed by atoms with E-state index in [0.717, 1.165) is 49.6 Å². The molecule has 32 heavy (non-hydrogen) atoms. The SMILES string of the molecule is Cc1cc(F)ccc1CC(=O)N1CC2(CC(CO)CN2CC2CC2)C1.O=C(O)C(F)(F)F. The maximum atomic E-state index is 13.2. The Balaban J connectivity index is 0.000000360. The lowest BCUT2D eigenvalue weighted by molar-refractivity contribution is -0.192. The number of carbonyl (C=O) groups excluding carboxylic acids is 1. The van der Waals surface area contributed by atoms with Gasteiger partial charge in [-0.3, -0.25) is 9.69 Å². The summed E-state index contributed by atoms with van der Waals surface area (Å²) in [6.45, 7) is 5.72. The van der Waals surface area contributed by atoms with Gasteiger partial charge in [0.25, 0.3) is 0 Å². The highest BCUT2D eigenvalue weighted by atomic mass is 19.4. The van der Waals surface area contributed by atoms with Gasteiger partial charge in [-0.25, -0.2) is 9.18 Å². The van der Waals surface area contributed by atoms with E-state index in [4.69, 9.17) is 9.90 Å². The maximum absolute atomic E-state index is 13.2. The third-order valence-corrected chi connectivity index (χ3v) is 6.46. The normalized spacial score (nSPS) is 22.3. The molecule has 1 aromatic carbocycles. The first-order valence-corrected chi connectivity index (χ1v) is 10.6. The summed E-state index contributed by atoms with van der Waals surface area (Å²) >= 11 is 0. The van der Waals surface area contributed by atoms with Crippen molar-refractivity contribution in [3.63, 3.8) is 0 Å². The van der Waals surface area contributed by atoms with Crippen molar-refractivity contribution in [3.05, 3.63) is 35.1 Å². The first kappa shape index (κ1) is 24.4. The van der Waals surface area contributed by atoms with E-state index in [1.807, 2.05) is 11.8 Å². The van der Waals surface area contributed by atoms with E-state index >= 15 is 0 Å². The van der Waals surface area contributed by atoms with Gasteiger partial charge in [0.15, 0.2) is 0 Å². The number of likely N-dealkylation sites (tertiary alicyclic amines) is 2. The zero-order valence-corrected chi connectivity index (χ0v) is 17.9. The Labute approximate surface area is 183 Å². The number of aryl methyl sites for hydroxylation is 1. The van der Waals surface area contributed by atoms with Gasteiger partial charge in [-0.1, -0.05) is 6.07 Å². The molecule has 6 nitrogen and oxygen atoms in total. The van der Waals surface area contributed by atoms with Gasteiger partial charge in [0.05, 0.1) is 12.0 Å². The molecule has 3 fully saturated rings. The van der Waals surface area contributed by atoms with Crippen LogP contribution >= 0.6 is 0 Å². The number of hydrogen-bond donors (Lipinski definition) is 2. The molecule has 1 amide bonds. The topological polar surface area (TPSA) is 81.1 Å². The zero-order chi connectivity index (χ0) is 23.7. The minimum atomic E-state index is -5.08. The average molecular weight is 460 g/mol. The lowest BCUT2D eigenvalue weighted by Crippen LogP contribution is -2.69. The number of alkyl halides is 3. The Hall–Kier alpha value is -2.20. The second-order valence-corrected chi connectivity index (χ2v) is 9.13. The van der Waals surface area contributed by atoms with Crippen LogP contribution in [0.2, 0.25) is 0 Å². The van der Waals surface area contributed by atoms with Gasteiger partial charge in [0.1, 0.15) is 5.82 Å². The maximum Gasteiger partial charge on any atom is 0.490 e. The highest BCUT2D eigenvalue weighted by Crippen LogP contribution is 2.43. The van der Waals surface area contributed by atoms with Crippen molar-refractivity contribution in [2.45, 2.75) is 44.3 Å². The molecule has 4 rings (SSSR count). The molecule has 2 heterocycles. The summed E-state index contributed by atoms with van der Waals surface area (Å²) in [5, 5.41) is 16.7. The summed E-state index contributed by atoms with van der Waals surface area (Å²) in [5.41, 5.74) is 1.82. The largest absolute Gasteiger partial charge is 0.490 e. The molecular formula is C22H28F4N2O4. The quantitative estimate of drug-likeness (QED) is 0.661. The van der Waals surface area contributed by atoms with Crippen LogP contribution in [0.1, 0.15) is 30.4 Å². The lowest BCUT2D eigenvalue weighted by Gasteiger charge is -2.53. The first-order valence-electron chi connectivity index (χ1n) is 10.6. The van der Waals surface area contributed by atoms with Crippen molar-refractivity contribution in [2.24, 2.45) is 11.8 Å². The van der Waals surface area contributed by atoms with Crippen molar-refractivity contribution >= 4 is 11.9 Å². The number of aliphatic carboxylic acids is 1. The summed E-state index contributed by atoms with van der Waals surface area (Å²) in [6.07, 6.45) is -1.10. The summed E-state index contributed by atoms with van der Waals surface area (Å²) in [7, 11) is 0. The minimum absolute atomic E-state index is 0.0868. The van der Waals surface area contributed by atoms with E-state index < -0.39 is 12.1 Å². The molecule has 10 heteroatoms. The summed E-state index contributed by atoms with van der Waals surface area (Å²) in [4.78, 5) is 26.0. The molecule has 1 atom stereocenters. The van der Waals surface area contributed by atoms with E-state index in [1.165, 1.54) is 25.0 Å². The predicted octanol–water partition coefficient (Wildman–Crippen LogP) is 2.62. The summed E-state index contributed by atoms with van der Waals surface area (Å²) in [5.74, 6) is -1.73. The van der Waals surface area contributed by atoms with Gasteiger partial charge >= 0.3 is 12.1 Å². The Morgan fingerprint density at radius 1 is 1.19 bits per heavy atom. The number of nitrogens with zero attached hydrogens (tertiary/aromatic N) is 2. The predicted molar refractivity (Wildman–Crippen MR) is 107 cm³/mol. The Kier molecular flexibility index (Phi) is 7.14. The van der Waals surface area contributed by atoms with Crippen molar-refractivity contribution in [2.75, 3.05) is 32.8 Å². The lowest BCUT2D eigenvalue weighted by atomic mass is 9.84. The average Bonchev–Trinajstić information content (AvgIpc) is 3.40. The number of rotatable bonds is 5. The zero-order valence-electron chi connectivity index (χ0n) is 17.9. The molecule has 1 aromatic rings. The van der Waals surface area contributed by atoms with Crippen molar-refractivity contribution in [3.8, 4) is 0 Å². The van der Waals surface area contributed by atoms with Crippen LogP contribution < -0.4 is 0 Å². The fraction of sp³-hybridized carbons (Fsp3) is 0.636. The van der Waals surface area contributed by atoms with Gasteiger partial charge in [-0.05, 0) is 61.3 Å². The van der Waals surface area contributed by atoms with Crippen LogP contribution in [0.15, 0.2) is 18.2 Å². The van der Waals surface area contributed by atoms with Crippen LogP contribution in [0.4, 0.5) is 17.6 Å². The van der Waals surface area contributed by atoms with E-state index in [1.54, 1.807) is 6.07 Å². The third kappa shape index (κ3) is 5.78. The molecule has 2 aliphatic heterocycles. The van der Waals surface area contributed by atoms with Crippen LogP contribution in [0.3, 0.4) is 0 Å². The van der Waals surface area contributed by atoms with E-state index in [-0.39, 0.29) is 23.9 Å². The number of aliphatic hydroxyl groups is 1. The number of amides is 1. The van der Waals surface area contributed by atoms with Crippen LogP contribution in [-0.4, -0.2) is 76.4 Å². The first-order chi connectivity index (χ1) is 14.9. The van der Waals surface area contributed by atoms with E-state index in [9.17, 15) is 27.5 Å². The standard InChI is InChI=1S/C20H27FN2O2.C2HF3O2/c1-14-6-18(21)5-4-17(14)7-19(25)22-12-20(13-22)8-16(11-24)10-23(20)9-15-2-3-15;3-2(4,5)1(6)7/h4-6,15-16,24H,2-3,7-13H2,1H3;(H,6,7). The molecule has 0 bridgehead atoms. The second kappa shape index (κ2) is 9.35. The van der Waals surface area contributed by atoms with Gasteiger partial charge < -0.3 is 15.1 Å². The molecular weight excluding hydrogens is 432 g/mol. The number of benzene rings is 1. The fourth-order valence-electron chi connectivity index (χ4n) is 4.54. The molecule has 1 unspecified atom stereocenters. The smallest absolute Gasteiger partial charge is 0.475 e. The number of halogens is 4. The third-order valence-electron chi connectivity index (χ3n) is 6.46. The molecule has 1 aliphatic carbocycles. The Morgan fingerprint density at radius 2 is 1.81 bits per heavy atom. The number of carbonyl (C=O) groups is 2.